The molecule has 0 saturated carbocycles. The largest absolute Gasteiger partial charge is 0.472 e. The van der Waals surface area contributed by atoms with Crippen LogP contribution in [0, 0.1) is 18.3 Å². The highest BCUT2D eigenvalue weighted by atomic mass is 32.2. The standard InChI is InChI=1S/C16H16N4O3S/c1-12-2-7-16(19-18-12)23-14-8-9-20(11-14)24(21,22)15-5-3-13(10-17)4-6-15/h2-7,14H,8-9,11H2,1H3. The topological polar surface area (TPSA) is 96.2 Å². The highest BCUT2D eigenvalue weighted by molar-refractivity contribution is 7.89. The van der Waals surface area contributed by atoms with Crippen LogP contribution in [-0.2, 0) is 10.0 Å². The monoisotopic (exact) mass is 344 g/mol. The summed E-state index contributed by atoms with van der Waals surface area (Å²) in [6.07, 6.45) is 0.334. The normalized spacial score (nSPS) is 18.2. The molecule has 7 nitrogen and oxygen atoms in total. The van der Waals surface area contributed by atoms with Crippen molar-refractivity contribution in [3.63, 3.8) is 0 Å². The molecule has 1 fully saturated rings. The van der Waals surface area contributed by atoms with E-state index in [-0.39, 0.29) is 17.5 Å². The molecule has 1 aromatic heterocycles. The van der Waals surface area contributed by atoms with E-state index in [0.29, 0.717) is 24.4 Å². The maximum Gasteiger partial charge on any atom is 0.243 e. The predicted octanol–water partition coefficient (Wildman–Crippen LogP) is 1.50. The summed E-state index contributed by atoms with van der Waals surface area (Å²) in [5, 5.41) is 16.7. The van der Waals surface area contributed by atoms with Crippen LogP contribution in [0.4, 0.5) is 0 Å². The van der Waals surface area contributed by atoms with Gasteiger partial charge in [0, 0.05) is 12.6 Å². The third-order valence-corrected chi connectivity index (χ3v) is 5.67. The van der Waals surface area contributed by atoms with Gasteiger partial charge in [0.2, 0.25) is 15.9 Å². The smallest absolute Gasteiger partial charge is 0.243 e. The van der Waals surface area contributed by atoms with Crippen molar-refractivity contribution in [3.05, 3.63) is 47.7 Å². The maximum atomic E-state index is 12.6. The van der Waals surface area contributed by atoms with E-state index in [1.807, 2.05) is 13.0 Å². The average Bonchev–Trinajstić information content (AvgIpc) is 3.06. The zero-order valence-electron chi connectivity index (χ0n) is 13.1. The molecule has 0 aliphatic carbocycles. The second-order valence-electron chi connectivity index (χ2n) is 5.54. The fourth-order valence-corrected chi connectivity index (χ4v) is 3.97. The summed E-state index contributed by atoms with van der Waals surface area (Å²) in [5.74, 6) is 0.392. The maximum absolute atomic E-state index is 12.6. The molecule has 1 unspecified atom stereocenters. The SMILES string of the molecule is Cc1ccc(OC2CCN(S(=O)(=O)c3ccc(C#N)cc3)C2)nn1. The highest BCUT2D eigenvalue weighted by Crippen LogP contribution is 2.23. The molecule has 0 radical (unpaired) electrons. The molecule has 1 aromatic carbocycles. The van der Waals surface area contributed by atoms with Gasteiger partial charge >= 0.3 is 0 Å². The van der Waals surface area contributed by atoms with Crippen molar-refractivity contribution in [2.75, 3.05) is 13.1 Å². The van der Waals surface area contributed by atoms with Gasteiger partial charge < -0.3 is 4.74 Å². The summed E-state index contributed by atoms with van der Waals surface area (Å²) in [4.78, 5) is 0.178. The minimum absolute atomic E-state index is 0.178. The predicted molar refractivity (Wildman–Crippen MR) is 85.7 cm³/mol. The highest BCUT2D eigenvalue weighted by Gasteiger charge is 2.33. The molecule has 2 heterocycles. The number of hydrogen-bond donors (Lipinski definition) is 0. The Labute approximate surface area is 140 Å². The van der Waals surface area contributed by atoms with Crippen molar-refractivity contribution in [2.45, 2.75) is 24.3 Å². The lowest BCUT2D eigenvalue weighted by Gasteiger charge is -2.17. The number of aryl methyl sites for hydroxylation is 1. The molecular formula is C16H16N4O3S. The first-order chi connectivity index (χ1) is 11.5. The number of benzene rings is 1. The van der Waals surface area contributed by atoms with E-state index in [1.165, 1.54) is 28.6 Å². The van der Waals surface area contributed by atoms with Gasteiger partial charge in [-0.2, -0.15) is 14.7 Å². The molecule has 0 bridgehead atoms. The Kier molecular flexibility index (Phi) is 4.46. The van der Waals surface area contributed by atoms with Crippen molar-refractivity contribution in [1.29, 1.82) is 5.26 Å². The quantitative estimate of drug-likeness (QED) is 0.834. The Morgan fingerprint density at radius 3 is 2.58 bits per heavy atom. The van der Waals surface area contributed by atoms with E-state index in [0.717, 1.165) is 5.69 Å². The Bertz CT molecular complexity index is 858. The van der Waals surface area contributed by atoms with Crippen molar-refractivity contribution < 1.29 is 13.2 Å². The number of sulfonamides is 1. The molecule has 124 valence electrons. The summed E-state index contributed by atoms with van der Waals surface area (Å²) >= 11 is 0. The van der Waals surface area contributed by atoms with Crippen molar-refractivity contribution >= 4 is 10.0 Å². The van der Waals surface area contributed by atoms with Crippen LogP contribution in [0.5, 0.6) is 5.88 Å². The lowest BCUT2D eigenvalue weighted by atomic mass is 10.2. The van der Waals surface area contributed by atoms with Crippen LogP contribution in [0.15, 0.2) is 41.3 Å². The summed E-state index contributed by atoms with van der Waals surface area (Å²) < 4.78 is 32.4. The number of hydrogen-bond acceptors (Lipinski definition) is 6. The number of nitriles is 1. The third-order valence-electron chi connectivity index (χ3n) is 3.79. The lowest BCUT2D eigenvalue weighted by Crippen LogP contribution is -2.31. The fourth-order valence-electron chi connectivity index (χ4n) is 2.48. The first-order valence-electron chi connectivity index (χ1n) is 7.46. The van der Waals surface area contributed by atoms with Gasteiger partial charge in [-0.25, -0.2) is 8.42 Å². The summed E-state index contributed by atoms with van der Waals surface area (Å²) in [5.41, 5.74) is 1.22. The molecule has 0 amide bonds. The van der Waals surface area contributed by atoms with Gasteiger partial charge in [0.1, 0.15) is 6.10 Å². The molecule has 1 atom stereocenters. The second-order valence-corrected chi connectivity index (χ2v) is 7.48. The third kappa shape index (κ3) is 3.37. The van der Waals surface area contributed by atoms with E-state index in [2.05, 4.69) is 10.2 Å². The van der Waals surface area contributed by atoms with Crippen molar-refractivity contribution in [1.82, 2.24) is 14.5 Å². The zero-order valence-corrected chi connectivity index (χ0v) is 13.9. The lowest BCUT2D eigenvalue weighted by molar-refractivity contribution is 0.204. The van der Waals surface area contributed by atoms with Crippen molar-refractivity contribution in [3.8, 4) is 11.9 Å². The van der Waals surface area contributed by atoms with E-state index in [4.69, 9.17) is 10.00 Å². The number of ether oxygens (including phenoxy) is 1. The van der Waals surface area contributed by atoms with Crippen LogP contribution < -0.4 is 4.74 Å². The van der Waals surface area contributed by atoms with Crippen LogP contribution >= 0.6 is 0 Å². The Balaban J connectivity index is 1.69. The van der Waals surface area contributed by atoms with Gasteiger partial charge in [0.25, 0.3) is 0 Å². The van der Waals surface area contributed by atoms with Gasteiger partial charge in [-0.05, 0) is 43.7 Å². The van der Waals surface area contributed by atoms with Gasteiger partial charge in [0.15, 0.2) is 0 Å². The minimum Gasteiger partial charge on any atom is -0.472 e. The molecule has 1 aliphatic heterocycles. The molecule has 3 rings (SSSR count). The number of nitrogens with zero attached hydrogens (tertiary/aromatic N) is 4. The molecule has 1 aliphatic rings. The fraction of sp³-hybridized carbons (Fsp3) is 0.312. The Hall–Kier alpha value is -2.50. The minimum atomic E-state index is -3.59. The van der Waals surface area contributed by atoms with Gasteiger partial charge in [-0.1, -0.05) is 0 Å². The molecule has 2 aromatic rings. The molecular weight excluding hydrogens is 328 g/mol. The van der Waals surface area contributed by atoms with E-state index in [1.54, 1.807) is 12.1 Å². The van der Waals surface area contributed by atoms with Crippen LogP contribution in [0.1, 0.15) is 17.7 Å². The van der Waals surface area contributed by atoms with Crippen LogP contribution in [0.3, 0.4) is 0 Å². The summed E-state index contributed by atoms with van der Waals surface area (Å²) in [6.45, 7) is 2.47. The van der Waals surface area contributed by atoms with Gasteiger partial charge in [0.05, 0.1) is 28.8 Å². The molecule has 0 N–H and O–H groups in total. The molecule has 24 heavy (non-hydrogen) atoms. The van der Waals surface area contributed by atoms with Gasteiger partial charge in [-0.15, -0.1) is 5.10 Å². The average molecular weight is 344 g/mol. The Morgan fingerprint density at radius 2 is 1.96 bits per heavy atom. The van der Waals surface area contributed by atoms with Crippen LogP contribution in [-0.4, -0.2) is 42.1 Å². The number of aromatic nitrogens is 2. The first-order valence-corrected chi connectivity index (χ1v) is 8.90. The Morgan fingerprint density at radius 1 is 1.21 bits per heavy atom. The zero-order chi connectivity index (χ0) is 17.2. The van der Waals surface area contributed by atoms with Crippen LogP contribution in [0.25, 0.3) is 0 Å². The van der Waals surface area contributed by atoms with E-state index in [9.17, 15) is 8.42 Å². The summed E-state index contributed by atoms with van der Waals surface area (Å²) in [7, 11) is -3.59. The number of rotatable bonds is 4. The summed E-state index contributed by atoms with van der Waals surface area (Å²) in [6, 6.07) is 11.4. The van der Waals surface area contributed by atoms with Crippen molar-refractivity contribution in [2.24, 2.45) is 0 Å². The second kappa shape index (κ2) is 6.55. The van der Waals surface area contributed by atoms with Crippen LogP contribution in [0.2, 0.25) is 0 Å². The van der Waals surface area contributed by atoms with E-state index < -0.39 is 10.0 Å². The van der Waals surface area contributed by atoms with E-state index >= 15 is 0 Å². The molecule has 0 spiro atoms. The first kappa shape index (κ1) is 16.4. The molecule has 1 saturated heterocycles. The molecule has 8 heteroatoms. The van der Waals surface area contributed by atoms with Gasteiger partial charge in [-0.3, -0.25) is 0 Å².